The Morgan fingerprint density at radius 3 is 2.30 bits per heavy atom. The highest BCUT2D eigenvalue weighted by Crippen LogP contribution is 2.15. The molecule has 0 spiro atoms. The Balaban J connectivity index is 1.92. The third-order valence-electron chi connectivity index (χ3n) is 3.53. The predicted octanol–water partition coefficient (Wildman–Crippen LogP) is 2.22. The standard InChI is InChI=1S/C18H19NO4/c1-23-15-9-7-13(8-10-15)11-17(20)19-12-16(18(21)22)14-5-3-2-4-6-14/h2-10,16H,11-12H2,1H3,(H,19,20)(H,21,22)/t16-/m1/s1. The molecule has 0 aromatic heterocycles. The minimum Gasteiger partial charge on any atom is -0.497 e. The minimum atomic E-state index is -0.957. The molecule has 0 bridgehead atoms. The van der Waals surface area contributed by atoms with Crippen molar-refractivity contribution in [1.29, 1.82) is 0 Å². The van der Waals surface area contributed by atoms with Crippen LogP contribution >= 0.6 is 0 Å². The SMILES string of the molecule is COc1ccc(CC(=O)NC[C@@H](C(=O)O)c2ccccc2)cc1. The number of hydrogen-bond acceptors (Lipinski definition) is 3. The summed E-state index contributed by atoms with van der Waals surface area (Å²) in [6.45, 7) is 0.0638. The summed E-state index contributed by atoms with van der Waals surface area (Å²) < 4.78 is 5.06. The van der Waals surface area contributed by atoms with Crippen LogP contribution in [0.3, 0.4) is 0 Å². The Labute approximate surface area is 134 Å². The predicted molar refractivity (Wildman–Crippen MR) is 86.5 cm³/mol. The number of benzene rings is 2. The number of carbonyl (C=O) groups is 2. The molecule has 120 valence electrons. The molecule has 2 aromatic rings. The molecular formula is C18H19NO4. The van der Waals surface area contributed by atoms with E-state index >= 15 is 0 Å². The van der Waals surface area contributed by atoms with Gasteiger partial charge in [-0.2, -0.15) is 0 Å². The molecule has 0 radical (unpaired) electrons. The molecule has 5 heteroatoms. The molecule has 1 amide bonds. The Morgan fingerprint density at radius 2 is 1.74 bits per heavy atom. The molecule has 0 saturated carbocycles. The summed E-state index contributed by atoms with van der Waals surface area (Å²) in [5, 5.41) is 12.0. The van der Waals surface area contributed by atoms with Crippen LogP contribution in [0.25, 0.3) is 0 Å². The van der Waals surface area contributed by atoms with Crippen LogP contribution in [0.15, 0.2) is 54.6 Å². The normalized spacial score (nSPS) is 11.5. The molecule has 23 heavy (non-hydrogen) atoms. The summed E-state index contributed by atoms with van der Waals surface area (Å²) >= 11 is 0. The Kier molecular flexibility index (Phi) is 5.74. The van der Waals surface area contributed by atoms with E-state index in [4.69, 9.17) is 4.74 Å². The van der Waals surface area contributed by atoms with Crippen LogP contribution < -0.4 is 10.1 Å². The lowest BCUT2D eigenvalue weighted by molar-refractivity contribution is -0.138. The van der Waals surface area contributed by atoms with Crippen molar-refractivity contribution in [2.75, 3.05) is 13.7 Å². The van der Waals surface area contributed by atoms with E-state index in [0.29, 0.717) is 5.56 Å². The number of nitrogens with one attached hydrogen (secondary N) is 1. The highest BCUT2D eigenvalue weighted by atomic mass is 16.5. The monoisotopic (exact) mass is 313 g/mol. The Morgan fingerprint density at radius 1 is 1.09 bits per heavy atom. The molecule has 0 fully saturated rings. The lowest BCUT2D eigenvalue weighted by Gasteiger charge is -2.14. The van der Waals surface area contributed by atoms with E-state index in [2.05, 4.69) is 5.32 Å². The Hall–Kier alpha value is -2.82. The second-order valence-electron chi connectivity index (χ2n) is 5.13. The van der Waals surface area contributed by atoms with E-state index in [1.807, 2.05) is 18.2 Å². The van der Waals surface area contributed by atoms with Crippen LogP contribution in [-0.2, 0) is 16.0 Å². The van der Waals surface area contributed by atoms with Gasteiger partial charge in [0.1, 0.15) is 5.75 Å². The summed E-state index contributed by atoms with van der Waals surface area (Å²) in [5.41, 5.74) is 1.51. The third-order valence-corrected chi connectivity index (χ3v) is 3.53. The van der Waals surface area contributed by atoms with Crippen LogP contribution in [0.2, 0.25) is 0 Å². The van der Waals surface area contributed by atoms with Gasteiger partial charge in [-0.1, -0.05) is 42.5 Å². The maximum atomic E-state index is 12.0. The fourth-order valence-corrected chi connectivity index (χ4v) is 2.24. The first-order chi connectivity index (χ1) is 11.1. The van der Waals surface area contributed by atoms with Gasteiger partial charge in [-0.05, 0) is 23.3 Å². The van der Waals surface area contributed by atoms with Crippen molar-refractivity contribution in [2.45, 2.75) is 12.3 Å². The van der Waals surface area contributed by atoms with Gasteiger partial charge in [0.2, 0.25) is 5.91 Å². The summed E-state index contributed by atoms with van der Waals surface area (Å²) in [4.78, 5) is 23.4. The van der Waals surface area contributed by atoms with E-state index < -0.39 is 11.9 Å². The lowest BCUT2D eigenvalue weighted by atomic mass is 9.99. The number of hydrogen-bond donors (Lipinski definition) is 2. The number of amides is 1. The van der Waals surface area contributed by atoms with E-state index in [1.54, 1.807) is 43.5 Å². The molecule has 1 atom stereocenters. The largest absolute Gasteiger partial charge is 0.497 e. The fraction of sp³-hybridized carbons (Fsp3) is 0.222. The minimum absolute atomic E-state index is 0.0638. The van der Waals surface area contributed by atoms with Crippen molar-refractivity contribution in [3.05, 3.63) is 65.7 Å². The Bertz CT molecular complexity index is 652. The molecule has 2 N–H and O–H groups in total. The van der Waals surface area contributed by atoms with Gasteiger partial charge in [-0.25, -0.2) is 0 Å². The van der Waals surface area contributed by atoms with Crippen molar-refractivity contribution >= 4 is 11.9 Å². The molecule has 0 aliphatic heterocycles. The average molecular weight is 313 g/mol. The van der Waals surface area contributed by atoms with Gasteiger partial charge < -0.3 is 15.2 Å². The first kappa shape index (κ1) is 16.5. The zero-order valence-corrected chi connectivity index (χ0v) is 12.9. The van der Waals surface area contributed by atoms with E-state index in [9.17, 15) is 14.7 Å². The average Bonchev–Trinajstić information content (AvgIpc) is 2.56. The summed E-state index contributed by atoms with van der Waals surface area (Å²) in [6, 6.07) is 16.1. The van der Waals surface area contributed by atoms with Gasteiger partial charge >= 0.3 is 5.97 Å². The fourth-order valence-electron chi connectivity index (χ4n) is 2.24. The summed E-state index contributed by atoms with van der Waals surface area (Å²) in [5.74, 6) is -1.20. The molecule has 2 aromatic carbocycles. The molecule has 0 saturated heterocycles. The molecule has 0 aliphatic rings. The first-order valence-electron chi connectivity index (χ1n) is 7.27. The van der Waals surface area contributed by atoms with Gasteiger partial charge in [0, 0.05) is 6.54 Å². The molecular weight excluding hydrogens is 294 g/mol. The number of carboxylic acid groups (broad SMARTS) is 1. The van der Waals surface area contributed by atoms with Gasteiger partial charge in [-0.3, -0.25) is 9.59 Å². The maximum absolute atomic E-state index is 12.0. The van der Waals surface area contributed by atoms with Crippen LogP contribution in [0, 0.1) is 0 Å². The number of carbonyl (C=O) groups excluding carboxylic acids is 1. The third kappa shape index (κ3) is 4.85. The van der Waals surface area contributed by atoms with E-state index in [0.717, 1.165) is 11.3 Å². The van der Waals surface area contributed by atoms with Crippen molar-refractivity contribution in [2.24, 2.45) is 0 Å². The molecule has 5 nitrogen and oxygen atoms in total. The highest BCUT2D eigenvalue weighted by molar-refractivity contribution is 5.81. The van der Waals surface area contributed by atoms with E-state index in [1.165, 1.54) is 0 Å². The number of methoxy groups -OCH3 is 1. The molecule has 2 rings (SSSR count). The zero-order chi connectivity index (χ0) is 16.7. The number of ether oxygens (including phenoxy) is 1. The summed E-state index contributed by atoms with van der Waals surface area (Å²) in [7, 11) is 1.58. The van der Waals surface area contributed by atoms with Gasteiger partial charge in [0.25, 0.3) is 0 Å². The molecule has 0 aliphatic carbocycles. The molecule has 0 heterocycles. The smallest absolute Gasteiger partial charge is 0.312 e. The summed E-state index contributed by atoms with van der Waals surface area (Å²) in [6.07, 6.45) is 0.200. The lowest BCUT2D eigenvalue weighted by Crippen LogP contribution is -2.32. The van der Waals surface area contributed by atoms with Gasteiger partial charge in [0.15, 0.2) is 0 Å². The van der Waals surface area contributed by atoms with Crippen LogP contribution in [-0.4, -0.2) is 30.6 Å². The highest BCUT2D eigenvalue weighted by Gasteiger charge is 2.20. The quantitative estimate of drug-likeness (QED) is 0.822. The van der Waals surface area contributed by atoms with Crippen molar-refractivity contribution in [3.63, 3.8) is 0 Å². The van der Waals surface area contributed by atoms with E-state index in [-0.39, 0.29) is 18.9 Å². The number of aliphatic carboxylic acids is 1. The maximum Gasteiger partial charge on any atom is 0.312 e. The van der Waals surface area contributed by atoms with Gasteiger partial charge in [0.05, 0.1) is 19.4 Å². The second-order valence-corrected chi connectivity index (χ2v) is 5.13. The topological polar surface area (TPSA) is 75.6 Å². The van der Waals surface area contributed by atoms with Crippen molar-refractivity contribution in [1.82, 2.24) is 5.32 Å². The first-order valence-corrected chi connectivity index (χ1v) is 7.27. The zero-order valence-electron chi connectivity index (χ0n) is 12.9. The van der Waals surface area contributed by atoms with Crippen LogP contribution in [0.4, 0.5) is 0 Å². The van der Waals surface area contributed by atoms with Crippen LogP contribution in [0.5, 0.6) is 5.75 Å². The number of carboxylic acids is 1. The van der Waals surface area contributed by atoms with Crippen molar-refractivity contribution in [3.8, 4) is 5.75 Å². The number of rotatable bonds is 7. The molecule has 0 unspecified atom stereocenters. The second kappa shape index (κ2) is 7.98. The van der Waals surface area contributed by atoms with Gasteiger partial charge in [-0.15, -0.1) is 0 Å². The van der Waals surface area contributed by atoms with Crippen molar-refractivity contribution < 1.29 is 19.4 Å². The van der Waals surface area contributed by atoms with Crippen LogP contribution in [0.1, 0.15) is 17.0 Å².